The van der Waals surface area contributed by atoms with E-state index in [-0.39, 0.29) is 24.1 Å². The third-order valence-electron chi connectivity index (χ3n) is 5.01. The molecule has 30 heavy (non-hydrogen) atoms. The molecule has 0 spiro atoms. The molecule has 0 atom stereocenters. The van der Waals surface area contributed by atoms with Crippen molar-refractivity contribution in [1.29, 1.82) is 0 Å². The van der Waals surface area contributed by atoms with Crippen molar-refractivity contribution in [2.24, 2.45) is 0 Å². The van der Waals surface area contributed by atoms with E-state index in [2.05, 4.69) is 10.6 Å². The van der Waals surface area contributed by atoms with Crippen LogP contribution in [0, 0.1) is 6.92 Å². The van der Waals surface area contributed by atoms with Crippen molar-refractivity contribution >= 4 is 40.5 Å². The van der Waals surface area contributed by atoms with Crippen LogP contribution in [0.2, 0.25) is 0 Å². The van der Waals surface area contributed by atoms with E-state index in [4.69, 9.17) is 0 Å². The highest BCUT2D eigenvalue weighted by atomic mass is 16.2. The van der Waals surface area contributed by atoms with Gasteiger partial charge in [0.1, 0.15) is 12.2 Å². The maximum atomic E-state index is 12.6. The molecule has 1 fully saturated rings. The Balaban J connectivity index is 1.63. The second kappa shape index (κ2) is 7.87. The van der Waals surface area contributed by atoms with Crippen LogP contribution in [0.15, 0.2) is 60.4 Å². The van der Waals surface area contributed by atoms with Gasteiger partial charge in [-0.3, -0.25) is 14.5 Å². The summed E-state index contributed by atoms with van der Waals surface area (Å²) in [5.41, 5.74) is 3.67. The van der Waals surface area contributed by atoms with E-state index >= 15 is 0 Å². The van der Waals surface area contributed by atoms with Crippen molar-refractivity contribution in [3.8, 4) is 0 Å². The zero-order valence-corrected chi connectivity index (χ0v) is 16.8. The number of aryl methyl sites for hydroxylation is 1. The van der Waals surface area contributed by atoms with Crippen LogP contribution in [0.5, 0.6) is 0 Å². The SMILES string of the molecule is CCN1C(=O)N/C(=C\c2cn(CC(=O)Nc3cccc(C)c3)c3ccccc23)C1=O. The fraction of sp³-hybridized carbons (Fsp3) is 0.174. The quantitative estimate of drug-likeness (QED) is 0.506. The highest BCUT2D eigenvalue weighted by Crippen LogP contribution is 2.25. The molecule has 4 rings (SSSR count). The number of anilines is 1. The Morgan fingerprint density at radius 1 is 1.13 bits per heavy atom. The van der Waals surface area contributed by atoms with Gasteiger partial charge in [0.15, 0.2) is 0 Å². The average molecular weight is 402 g/mol. The summed E-state index contributed by atoms with van der Waals surface area (Å²) in [6, 6.07) is 14.8. The van der Waals surface area contributed by atoms with Crippen molar-refractivity contribution in [3.63, 3.8) is 0 Å². The third kappa shape index (κ3) is 3.69. The molecule has 2 aromatic carbocycles. The Kier molecular flexibility index (Phi) is 5.10. The number of rotatable bonds is 5. The van der Waals surface area contributed by atoms with Gasteiger partial charge in [0.2, 0.25) is 5.91 Å². The molecule has 152 valence electrons. The Hall–Kier alpha value is -3.87. The number of hydrogen-bond acceptors (Lipinski definition) is 3. The minimum Gasteiger partial charge on any atom is -0.337 e. The molecule has 0 bridgehead atoms. The Bertz CT molecular complexity index is 1190. The summed E-state index contributed by atoms with van der Waals surface area (Å²) in [5.74, 6) is -0.500. The summed E-state index contributed by atoms with van der Waals surface area (Å²) < 4.78 is 1.84. The van der Waals surface area contributed by atoms with Gasteiger partial charge in [0.05, 0.1) is 0 Å². The number of hydrogen-bond donors (Lipinski definition) is 2. The molecule has 1 aromatic heterocycles. The van der Waals surface area contributed by atoms with E-state index in [1.807, 2.05) is 66.2 Å². The molecule has 2 N–H and O–H groups in total. The van der Waals surface area contributed by atoms with Gasteiger partial charge in [-0.1, -0.05) is 30.3 Å². The van der Waals surface area contributed by atoms with Crippen molar-refractivity contribution < 1.29 is 14.4 Å². The molecule has 1 aliphatic rings. The number of likely N-dealkylation sites (N-methyl/N-ethyl adjacent to an activating group) is 1. The minimum atomic E-state index is -0.421. The lowest BCUT2D eigenvalue weighted by atomic mass is 10.1. The first-order valence-corrected chi connectivity index (χ1v) is 9.75. The van der Waals surface area contributed by atoms with E-state index in [9.17, 15) is 14.4 Å². The van der Waals surface area contributed by atoms with E-state index < -0.39 is 6.03 Å². The molecule has 0 radical (unpaired) electrons. The number of aromatic nitrogens is 1. The molecule has 2 heterocycles. The zero-order valence-electron chi connectivity index (χ0n) is 16.8. The number of imide groups is 1. The molecule has 1 saturated heterocycles. The van der Waals surface area contributed by atoms with Crippen LogP contribution in [0.3, 0.4) is 0 Å². The molecule has 7 heteroatoms. The monoisotopic (exact) mass is 402 g/mol. The molecular formula is C23H22N4O3. The van der Waals surface area contributed by atoms with Gasteiger partial charge in [0.25, 0.3) is 5.91 Å². The first-order chi connectivity index (χ1) is 14.5. The van der Waals surface area contributed by atoms with Crippen LogP contribution >= 0.6 is 0 Å². The Labute approximate surface area is 174 Å². The number of urea groups is 1. The van der Waals surface area contributed by atoms with Gasteiger partial charge < -0.3 is 15.2 Å². The van der Waals surface area contributed by atoms with Crippen LogP contribution in [-0.4, -0.2) is 33.9 Å². The van der Waals surface area contributed by atoms with Gasteiger partial charge in [-0.2, -0.15) is 0 Å². The second-order valence-electron chi connectivity index (χ2n) is 7.18. The minimum absolute atomic E-state index is 0.124. The Morgan fingerprint density at radius 2 is 1.93 bits per heavy atom. The molecule has 3 aromatic rings. The Morgan fingerprint density at radius 3 is 2.67 bits per heavy atom. The van der Waals surface area contributed by atoms with E-state index in [1.54, 1.807) is 13.0 Å². The van der Waals surface area contributed by atoms with Crippen LogP contribution in [0.25, 0.3) is 17.0 Å². The van der Waals surface area contributed by atoms with Crippen LogP contribution < -0.4 is 10.6 Å². The third-order valence-corrected chi connectivity index (χ3v) is 5.01. The summed E-state index contributed by atoms with van der Waals surface area (Å²) in [5, 5.41) is 6.42. The largest absolute Gasteiger partial charge is 0.337 e. The molecule has 1 aliphatic heterocycles. The lowest BCUT2D eigenvalue weighted by Crippen LogP contribution is -2.30. The van der Waals surface area contributed by atoms with Crippen molar-refractivity contribution in [1.82, 2.24) is 14.8 Å². The van der Waals surface area contributed by atoms with E-state index in [0.717, 1.165) is 32.6 Å². The van der Waals surface area contributed by atoms with Crippen molar-refractivity contribution in [2.45, 2.75) is 20.4 Å². The highest BCUT2D eigenvalue weighted by Gasteiger charge is 2.32. The van der Waals surface area contributed by atoms with Gasteiger partial charge in [-0.05, 0) is 43.7 Å². The summed E-state index contributed by atoms with van der Waals surface area (Å²) in [6.07, 6.45) is 3.48. The molecule has 7 nitrogen and oxygen atoms in total. The smallest absolute Gasteiger partial charge is 0.328 e. The van der Waals surface area contributed by atoms with Crippen molar-refractivity contribution in [3.05, 3.63) is 71.6 Å². The topological polar surface area (TPSA) is 83.4 Å². The number of benzene rings is 2. The van der Waals surface area contributed by atoms with Gasteiger partial charge in [-0.25, -0.2) is 4.79 Å². The highest BCUT2D eigenvalue weighted by molar-refractivity contribution is 6.14. The lowest BCUT2D eigenvalue weighted by molar-refractivity contribution is -0.122. The first-order valence-electron chi connectivity index (χ1n) is 9.75. The summed E-state index contributed by atoms with van der Waals surface area (Å²) >= 11 is 0. The van der Waals surface area contributed by atoms with Crippen LogP contribution in [0.1, 0.15) is 18.1 Å². The van der Waals surface area contributed by atoms with E-state index in [0.29, 0.717) is 6.54 Å². The lowest BCUT2D eigenvalue weighted by Gasteiger charge is -2.08. The van der Waals surface area contributed by atoms with E-state index in [1.165, 1.54) is 0 Å². The molecule has 0 unspecified atom stereocenters. The number of carbonyl (C=O) groups is 3. The van der Waals surface area contributed by atoms with Gasteiger partial charge >= 0.3 is 6.03 Å². The number of amides is 4. The first kappa shape index (κ1) is 19.4. The zero-order chi connectivity index (χ0) is 21.3. The summed E-state index contributed by atoms with van der Waals surface area (Å²) in [7, 11) is 0. The number of para-hydroxylation sites is 1. The molecule has 0 aliphatic carbocycles. The summed E-state index contributed by atoms with van der Waals surface area (Å²) in [6.45, 7) is 4.15. The maximum absolute atomic E-state index is 12.6. The van der Waals surface area contributed by atoms with Gasteiger partial charge in [-0.15, -0.1) is 0 Å². The average Bonchev–Trinajstić information content (AvgIpc) is 3.18. The van der Waals surface area contributed by atoms with Gasteiger partial charge in [0, 0.05) is 34.9 Å². The molecular weight excluding hydrogens is 380 g/mol. The predicted molar refractivity (Wildman–Crippen MR) is 116 cm³/mol. The fourth-order valence-corrected chi connectivity index (χ4v) is 3.61. The number of nitrogens with one attached hydrogen (secondary N) is 2. The fourth-order valence-electron chi connectivity index (χ4n) is 3.61. The van der Waals surface area contributed by atoms with Crippen LogP contribution in [-0.2, 0) is 16.1 Å². The number of carbonyl (C=O) groups excluding carboxylic acids is 3. The maximum Gasteiger partial charge on any atom is 0.328 e. The number of fused-ring (bicyclic) bond motifs is 1. The molecule has 4 amide bonds. The normalized spacial score (nSPS) is 15.1. The number of nitrogens with zero attached hydrogens (tertiary/aromatic N) is 2. The van der Waals surface area contributed by atoms with Crippen molar-refractivity contribution in [2.75, 3.05) is 11.9 Å². The molecule has 0 saturated carbocycles. The van der Waals surface area contributed by atoms with Crippen LogP contribution in [0.4, 0.5) is 10.5 Å². The second-order valence-corrected chi connectivity index (χ2v) is 7.18. The standard InChI is InChI=1S/C23H22N4O3/c1-3-27-22(29)19(25-23(27)30)12-16-13-26(20-10-5-4-9-18(16)20)14-21(28)24-17-8-6-7-15(2)11-17/h4-13H,3,14H2,1-2H3,(H,24,28)(H,25,30)/b19-12-. The summed E-state index contributed by atoms with van der Waals surface area (Å²) in [4.78, 5) is 38.1. The predicted octanol–water partition coefficient (Wildman–Crippen LogP) is 3.50.